The lowest BCUT2D eigenvalue weighted by molar-refractivity contribution is -0.0865. The van der Waals surface area contributed by atoms with Gasteiger partial charge in [-0.3, -0.25) is 4.79 Å². The molecular weight excluding hydrogens is 280 g/mol. The summed E-state index contributed by atoms with van der Waals surface area (Å²) in [7, 11) is 0. The standard InChI is InChI=1S/C18H20O2S/c19-17(16-11-13-5-1-2-6-15(13)21-16)14-7-10-20-18(12-14)8-3-4-9-18/h1-2,5-6,11,14H,3-4,7-10,12H2. The Hall–Kier alpha value is -1.19. The molecule has 110 valence electrons. The molecule has 2 aliphatic rings. The number of hydrogen-bond acceptors (Lipinski definition) is 3. The largest absolute Gasteiger partial charge is 0.375 e. The maximum atomic E-state index is 12.9. The van der Waals surface area contributed by atoms with Gasteiger partial charge in [-0.1, -0.05) is 31.0 Å². The molecule has 1 aromatic carbocycles. The summed E-state index contributed by atoms with van der Waals surface area (Å²) in [6.45, 7) is 0.751. The quantitative estimate of drug-likeness (QED) is 0.743. The highest BCUT2D eigenvalue weighted by Gasteiger charge is 2.42. The second kappa shape index (κ2) is 5.22. The van der Waals surface area contributed by atoms with Crippen LogP contribution in [0.2, 0.25) is 0 Å². The Morgan fingerprint density at radius 3 is 2.86 bits per heavy atom. The number of benzene rings is 1. The van der Waals surface area contributed by atoms with E-state index in [1.54, 1.807) is 11.3 Å². The van der Waals surface area contributed by atoms with Crippen LogP contribution >= 0.6 is 11.3 Å². The van der Waals surface area contributed by atoms with Gasteiger partial charge in [-0.25, -0.2) is 0 Å². The van der Waals surface area contributed by atoms with E-state index in [2.05, 4.69) is 18.2 Å². The summed E-state index contributed by atoms with van der Waals surface area (Å²) < 4.78 is 7.26. The maximum Gasteiger partial charge on any atom is 0.176 e. The van der Waals surface area contributed by atoms with Gasteiger partial charge in [-0.15, -0.1) is 11.3 Å². The molecule has 1 aromatic heterocycles. The van der Waals surface area contributed by atoms with Crippen molar-refractivity contribution in [3.05, 3.63) is 35.2 Å². The van der Waals surface area contributed by atoms with Gasteiger partial charge < -0.3 is 4.74 Å². The third-order valence-electron chi connectivity index (χ3n) is 5.05. The Labute approximate surface area is 129 Å². The number of rotatable bonds is 2. The molecule has 0 N–H and O–H groups in total. The number of hydrogen-bond donors (Lipinski definition) is 0. The summed E-state index contributed by atoms with van der Waals surface area (Å²) in [6.07, 6.45) is 6.61. The van der Waals surface area contributed by atoms with E-state index in [4.69, 9.17) is 4.74 Å². The topological polar surface area (TPSA) is 26.3 Å². The van der Waals surface area contributed by atoms with E-state index in [1.807, 2.05) is 12.1 Å². The number of ether oxygens (including phenoxy) is 1. The average molecular weight is 300 g/mol. The Morgan fingerprint density at radius 2 is 2.05 bits per heavy atom. The lowest BCUT2D eigenvalue weighted by Gasteiger charge is -2.37. The second-order valence-corrected chi connectivity index (χ2v) is 7.52. The minimum atomic E-state index is 0.0231. The van der Waals surface area contributed by atoms with E-state index >= 15 is 0 Å². The molecule has 21 heavy (non-hydrogen) atoms. The maximum absolute atomic E-state index is 12.9. The van der Waals surface area contributed by atoms with Crippen LogP contribution in [0.1, 0.15) is 48.2 Å². The second-order valence-electron chi connectivity index (χ2n) is 6.44. The first kappa shape index (κ1) is 13.5. The summed E-state index contributed by atoms with van der Waals surface area (Å²) in [5.41, 5.74) is 0.0231. The Morgan fingerprint density at radius 1 is 1.24 bits per heavy atom. The molecule has 2 heterocycles. The fourth-order valence-corrected chi connectivity index (χ4v) is 5.01. The van der Waals surface area contributed by atoms with Crippen molar-refractivity contribution < 1.29 is 9.53 Å². The molecule has 1 unspecified atom stereocenters. The van der Waals surface area contributed by atoms with Gasteiger partial charge in [0.25, 0.3) is 0 Å². The molecule has 4 rings (SSSR count). The first-order valence-corrected chi connectivity index (χ1v) is 8.74. The van der Waals surface area contributed by atoms with Crippen molar-refractivity contribution >= 4 is 27.2 Å². The molecule has 0 radical (unpaired) electrons. The number of ketones is 1. The van der Waals surface area contributed by atoms with E-state index < -0.39 is 0 Å². The van der Waals surface area contributed by atoms with Crippen LogP contribution in [0.3, 0.4) is 0 Å². The van der Waals surface area contributed by atoms with Crippen molar-refractivity contribution in [1.82, 2.24) is 0 Å². The number of carbonyl (C=O) groups is 1. The summed E-state index contributed by atoms with van der Waals surface area (Å²) >= 11 is 1.64. The summed E-state index contributed by atoms with van der Waals surface area (Å²) in [4.78, 5) is 13.8. The predicted molar refractivity (Wildman–Crippen MR) is 86.0 cm³/mol. The van der Waals surface area contributed by atoms with Crippen molar-refractivity contribution in [1.29, 1.82) is 0 Å². The molecule has 1 atom stereocenters. The van der Waals surface area contributed by atoms with Crippen molar-refractivity contribution in [2.45, 2.75) is 44.1 Å². The van der Waals surface area contributed by atoms with Gasteiger partial charge in [0.05, 0.1) is 10.5 Å². The zero-order valence-electron chi connectivity index (χ0n) is 12.1. The van der Waals surface area contributed by atoms with Crippen LogP contribution in [0, 0.1) is 5.92 Å². The zero-order chi connectivity index (χ0) is 14.3. The SMILES string of the molecule is O=C(c1cc2ccccc2s1)C1CCOC2(CCCC2)C1. The third kappa shape index (κ3) is 2.43. The van der Waals surface area contributed by atoms with Gasteiger partial charge in [-0.2, -0.15) is 0 Å². The van der Waals surface area contributed by atoms with Crippen LogP contribution < -0.4 is 0 Å². The first-order valence-electron chi connectivity index (χ1n) is 7.93. The van der Waals surface area contributed by atoms with E-state index in [0.717, 1.165) is 37.2 Å². The Kier molecular flexibility index (Phi) is 3.35. The highest BCUT2D eigenvalue weighted by molar-refractivity contribution is 7.20. The lowest BCUT2D eigenvalue weighted by Crippen LogP contribution is -2.39. The molecule has 3 heteroatoms. The molecule has 1 saturated heterocycles. The molecule has 1 saturated carbocycles. The van der Waals surface area contributed by atoms with E-state index in [0.29, 0.717) is 5.78 Å². The van der Waals surface area contributed by atoms with Gasteiger partial charge in [0.1, 0.15) is 0 Å². The highest BCUT2D eigenvalue weighted by Crippen LogP contribution is 2.43. The van der Waals surface area contributed by atoms with Crippen LogP contribution in [-0.4, -0.2) is 18.0 Å². The minimum absolute atomic E-state index is 0.0231. The number of fused-ring (bicyclic) bond motifs is 1. The van der Waals surface area contributed by atoms with Gasteiger partial charge >= 0.3 is 0 Å². The fraction of sp³-hybridized carbons (Fsp3) is 0.500. The van der Waals surface area contributed by atoms with Crippen molar-refractivity contribution in [3.63, 3.8) is 0 Å². The first-order chi connectivity index (χ1) is 10.3. The molecule has 0 bridgehead atoms. The van der Waals surface area contributed by atoms with Crippen LogP contribution in [0.25, 0.3) is 10.1 Å². The van der Waals surface area contributed by atoms with E-state index in [9.17, 15) is 4.79 Å². The smallest absolute Gasteiger partial charge is 0.176 e. The molecule has 1 aliphatic heterocycles. The molecule has 1 aliphatic carbocycles. The summed E-state index contributed by atoms with van der Waals surface area (Å²) in [5.74, 6) is 0.496. The molecule has 2 aromatic rings. The molecule has 2 nitrogen and oxygen atoms in total. The summed E-state index contributed by atoms with van der Waals surface area (Å²) in [5, 5.41) is 1.19. The molecule has 0 amide bonds. The molecule has 2 fully saturated rings. The van der Waals surface area contributed by atoms with Gasteiger partial charge in [0.15, 0.2) is 5.78 Å². The Balaban J connectivity index is 1.58. The van der Waals surface area contributed by atoms with E-state index in [-0.39, 0.29) is 11.5 Å². The van der Waals surface area contributed by atoms with Crippen LogP contribution in [0.5, 0.6) is 0 Å². The summed E-state index contributed by atoms with van der Waals surface area (Å²) in [6, 6.07) is 10.3. The molecular formula is C18H20O2S. The third-order valence-corrected chi connectivity index (χ3v) is 6.18. The normalized spacial score (nSPS) is 24.7. The van der Waals surface area contributed by atoms with Crippen LogP contribution in [-0.2, 0) is 4.74 Å². The van der Waals surface area contributed by atoms with Crippen LogP contribution in [0.4, 0.5) is 0 Å². The number of Topliss-reactive ketones (excluding diaryl/α,β-unsaturated/α-hetero) is 1. The monoisotopic (exact) mass is 300 g/mol. The van der Waals surface area contributed by atoms with Gasteiger partial charge in [-0.05, 0) is 43.2 Å². The number of carbonyl (C=O) groups excluding carboxylic acids is 1. The van der Waals surface area contributed by atoms with E-state index in [1.165, 1.54) is 22.9 Å². The number of thiophene rings is 1. The van der Waals surface area contributed by atoms with Crippen molar-refractivity contribution in [2.24, 2.45) is 5.92 Å². The average Bonchev–Trinajstić information content (AvgIpc) is 3.13. The Bertz CT molecular complexity index is 634. The highest BCUT2D eigenvalue weighted by atomic mass is 32.1. The predicted octanol–water partition coefficient (Wildman–Crippen LogP) is 4.82. The van der Waals surface area contributed by atoms with Gasteiger partial charge in [0.2, 0.25) is 0 Å². The molecule has 1 spiro atoms. The van der Waals surface area contributed by atoms with Gasteiger partial charge in [0, 0.05) is 17.2 Å². The fourth-order valence-electron chi connectivity index (χ4n) is 3.92. The van der Waals surface area contributed by atoms with Crippen LogP contribution in [0.15, 0.2) is 30.3 Å². The van der Waals surface area contributed by atoms with Crippen molar-refractivity contribution in [2.75, 3.05) is 6.61 Å². The zero-order valence-corrected chi connectivity index (χ0v) is 13.0. The minimum Gasteiger partial charge on any atom is -0.375 e. The lowest BCUT2D eigenvalue weighted by atomic mass is 9.82. The van der Waals surface area contributed by atoms with Crippen molar-refractivity contribution in [3.8, 4) is 0 Å².